The Labute approximate surface area is 95.3 Å². The van der Waals surface area contributed by atoms with Gasteiger partial charge in [0.05, 0.1) is 11.0 Å². The molecule has 2 N–H and O–H groups in total. The monoisotopic (exact) mass is 215 g/mol. The smallest absolute Gasteiger partial charge is 0.107 e. The summed E-state index contributed by atoms with van der Waals surface area (Å²) in [5.74, 6) is 1.89. The number of aromatic amines is 1. The van der Waals surface area contributed by atoms with Crippen molar-refractivity contribution in [3.8, 4) is 0 Å². The Kier molecular flexibility index (Phi) is 2.40. The van der Waals surface area contributed by atoms with Gasteiger partial charge in [0.1, 0.15) is 5.82 Å². The lowest BCUT2D eigenvalue weighted by Crippen LogP contribution is -2.11. The molecule has 1 unspecified atom stereocenters. The number of imidazole rings is 1. The van der Waals surface area contributed by atoms with Crippen molar-refractivity contribution in [1.29, 1.82) is 0 Å². The molecule has 0 aliphatic carbocycles. The molecule has 0 spiro atoms. The maximum Gasteiger partial charge on any atom is 0.107 e. The Hall–Kier alpha value is -1.35. The lowest BCUT2D eigenvalue weighted by Gasteiger charge is -2.03. The number of nitrogens with zero attached hydrogens (tertiary/aromatic N) is 1. The lowest BCUT2D eigenvalue weighted by atomic mass is 10.1. The van der Waals surface area contributed by atoms with Crippen molar-refractivity contribution in [3.63, 3.8) is 0 Å². The number of hydrogen-bond donors (Lipinski definition) is 2. The van der Waals surface area contributed by atoms with Crippen LogP contribution < -0.4 is 5.32 Å². The van der Waals surface area contributed by atoms with Gasteiger partial charge in [-0.05, 0) is 50.0 Å². The van der Waals surface area contributed by atoms with Crippen LogP contribution in [0.5, 0.6) is 0 Å². The molecule has 3 rings (SSSR count). The second-order valence-corrected chi connectivity index (χ2v) is 4.77. The summed E-state index contributed by atoms with van der Waals surface area (Å²) in [5.41, 5.74) is 3.54. The summed E-state index contributed by atoms with van der Waals surface area (Å²) in [4.78, 5) is 8.06. The molecule has 1 saturated heterocycles. The van der Waals surface area contributed by atoms with E-state index in [2.05, 4.69) is 40.4 Å². The number of benzene rings is 1. The second-order valence-electron chi connectivity index (χ2n) is 4.77. The van der Waals surface area contributed by atoms with E-state index in [1.54, 1.807) is 0 Å². The Morgan fingerprint density at radius 3 is 3.19 bits per heavy atom. The quantitative estimate of drug-likeness (QED) is 0.804. The van der Waals surface area contributed by atoms with Crippen LogP contribution in [0, 0.1) is 12.8 Å². The largest absolute Gasteiger partial charge is 0.342 e. The van der Waals surface area contributed by atoms with Gasteiger partial charge in [0.15, 0.2) is 0 Å². The van der Waals surface area contributed by atoms with Crippen LogP contribution in [0.4, 0.5) is 0 Å². The minimum absolute atomic E-state index is 0.752. The van der Waals surface area contributed by atoms with Crippen LogP contribution in [-0.2, 0) is 6.42 Å². The zero-order valence-corrected chi connectivity index (χ0v) is 9.59. The molecule has 0 bridgehead atoms. The molecule has 2 heterocycles. The van der Waals surface area contributed by atoms with Crippen molar-refractivity contribution in [2.24, 2.45) is 5.92 Å². The molecule has 2 aromatic rings. The fraction of sp³-hybridized carbons (Fsp3) is 0.462. The lowest BCUT2D eigenvalue weighted by molar-refractivity contribution is 0.565. The number of hydrogen-bond acceptors (Lipinski definition) is 2. The molecule has 0 amide bonds. The van der Waals surface area contributed by atoms with E-state index in [1.165, 1.54) is 17.5 Å². The normalized spacial score (nSPS) is 20.7. The molecule has 3 nitrogen and oxygen atoms in total. The van der Waals surface area contributed by atoms with Gasteiger partial charge >= 0.3 is 0 Å². The Morgan fingerprint density at radius 2 is 2.38 bits per heavy atom. The molecular formula is C13H17N3. The molecule has 1 fully saturated rings. The maximum absolute atomic E-state index is 4.63. The van der Waals surface area contributed by atoms with Gasteiger partial charge in [-0.25, -0.2) is 4.98 Å². The van der Waals surface area contributed by atoms with Crippen LogP contribution in [0.15, 0.2) is 18.2 Å². The molecule has 0 saturated carbocycles. The van der Waals surface area contributed by atoms with Crippen LogP contribution in [-0.4, -0.2) is 23.1 Å². The Balaban J connectivity index is 1.86. The third-order valence-electron chi connectivity index (χ3n) is 3.33. The highest BCUT2D eigenvalue weighted by Crippen LogP contribution is 2.17. The summed E-state index contributed by atoms with van der Waals surface area (Å²) in [6, 6.07) is 6.38. The zero-order valence-electron chi connectivity index (χ0n) is 9.59. The Morgan fingerprint density at radius 1 is 1.44 bits per heavy atom. The summed E-state index contributed by atoms with van der Waals surface area (Å²) in [6.07, 6.45) is 2.34. The fourth-order valence-electron chi connectivity index (χ4n) is 2.44. The number of aromatic nitrogens is 2. The van der Waals surface area contributed by atoms with E-state index in [0.717, 1.165) is 36.8 Å². The van der Waals surface area contributed by atoms with Gasteiger partial charge in [0.25, 0.3) is 0 Å². The van der Waals surface area contributed by atoms with E-state index in [4.69, 9.17) is 0 Å². The fourth-order valence-corrected chi connectivity index (χ4v) is 2.44. The van der Waals surface area contributed by atoms with Crippen LogP contribution >= 0.6 is 0 Å². The van der Waals surface area contributed by atoms with Gasteiger partial charge in [0, 0.05) is 6.42 Å². The third-order valence-corrected chi connectivity index (χ3v) is 3.33. The third kappa shape index (κ3) is 1.83. The first kappa shape index (κ1) is 9.85. The highest BCUT2D eigenvalue weighted by molar-refractivity contribution is 5.75. The number of aryl methyl sites for hydroxylation is 1. The predicted molar refractivity (Wildman–Crippen MR) is 65.5 cm³/mol. The topological polar surface area (TPSA) is 40.7 Å². The van der Waals surface area contributed by atoms with Crippen molar-refractivity contribution in [2.45, 2.75) is 19.8 Å². The first-order valence-electron chi connectivity index (χ1n) is 5.97. The van der Waals surface area contributed by atoms with Gasteiger partial charge in [0.2, 0.25) is 0 Å². The first-order chi connectivity index (χ1) is 7.81. The van der Waals surface area contributed by atoms with Crippen molar-refractivity contribution in [3.05, 3.63) is 29.6 Å². The average Bonchev–Trinajstić information content (AvgIpc) is 2.86. The number of nitrogens with one attached hydrogen (secondary N) is 2. The van der Waals surface area contributed by atoms with Crippen molar-refractivity contribution in [2.75, 3.05) is 13.1 Å². The minimum Gasteiger partial charge on any atom is -0.342 e. The van der Waals surface area contributed by atoms with E-state index in [9.17, 15) is 0 Å². The van der Waals surface area contributed by atoms with Gasteiger partial charge in [-0.15, -0.1) is 0 Å². The van der Waals surface area contributed by atoms with E-state index >= 15 is 0 Å². The van der Waals surface area contributed by atoms with Crippen molar-refractivity contribution >= 4 is 11.0 Å². The molecule has 16 heavy (non-hydrogen) atoms. The molecular weight excluding hydrogens is 198 g/mol. The molecule has 84 valence electrons. The number of fused-ring (bicyclic) bond motifs is 1. The molecule has 1 aliphatic rings. The van der Waals surface area contributed by atoms with Crippen LogP contribution in [0.3, 0.4) is 0 Å². The van der Waals surface area contributed by atoms with Gasteiger partial charge < -0.3 is 10.3 Å². The highest BCUT2D eigenvalue weighted by Gasteiger charge is 2.16. The summed E-state index contributed by atoms with van der Waals surface area (Å²) < 4.78 is 0. The van der Waals surface area contributed by atoms with Gasteiger partial charge in [-0.1, -0.05) is 6.07 Å². The van der Waals surface area contributed by atoms with E-state index in [0.29, 0.717) is 0 Å². The van der Waals surface area contributed by atoms with Gasteiger partial charge in [-0.3, -0.25) is 0 Å². The predicted octanol–water partition coefficient (Wildman–Crippen LogP) is 2.02. The van der Waals surface area contributed by atoms with Crippen LogP contribution in [0.2, 0.25) is 0 Å². The molecule has 3 heteroatoms. The first-order valence-corrected chi connectivity index (χ1v) is 5.97. The van der Waals surface area contributed by atoms with Crippen LogP contribution in [0.1, 0.15) is 17.8 Å². The molecule has 1 aliphatic heterocycles. The summed E-state index contributed by atoms with van der Waals surface area (Å²) in [5, 5.41) is 3.39. The molecule has 1 atom stereocenters. The van der Waals surface area contributed by atoms with Crippen molar-refractivity contribution in [1.82, 2.24) is 15.3 Å². The SMILES string of the molecule is Cc1ccc2nc(CC3CCNC3)[nH]c2c1. The summed E-state index contributed by atoms with van der Waals surface area (Å²) >= 11 is 0. The Bertz CT molecular complexity index is 495. The number of H-pyrrole nitrogens is 1. The summed E-state index contributed by atoms with van der Waals surface area (Å²) in [7, 11) is 0. The zero-order chi connectivity index (χ0) is 11.0. The van der Waals surface area contributed by atoms with Gasteiger partial charge in [-0.2, -0.15) is 0 Å². The van der Waals surface area contributed by atoms with E-state index < -0.39 is 0 Å². The minimum atomic E-state index is 0.752. The molecule has 1 aromatic heterocycles. The average molecular weight is 215 g/mol. The standard InChI is InChI=1S/C13H17N3/c1-9-2-3-11-12(6-9)16-13(15-11)7-10-4-5-14-8-10/h2-3,6,10,14H,4-5,7-8H2,1H3,(H,15,16). The highest BCUT2D eigenvalue weighted by atomic mass is 14.9. The summed E-state index contributed by atoms with van der Waals surface area (Å²) in [6.45, 7) is 4.40. The number of rotatable bonds is 2. The molecule has 0 radical (unpaired) electrons. The van der Waals surface area contributed by atoms with Crippen LogP contribution in [0.25, 0.3) is 11.0 Å². The second kappa shape index (κ2) is 3.91. The van der Waals surface area contributed by atoms with E-state index in [-0.39, 0.29) is 0 Å². The molecule has 1 aromatic carbocycles. The van der Waals surface area contributed by atoms with Crippen molar-refractivity contribution < 1.29 is 0 Å². The van der Waals surface area contributed by atoms with E-state index in [1.807, 2.05) is 0 Å². The maximum atomic E-state index is 4.63.